The van der Waals surface area contributed by atoms with Crippen LogP contribution >= 0.6 is 0 Å². The monoisotopic (exact) mass is 507 g/mol. The number of hydrogen-bond donors (Lipinski definition) is 4. The highest BCUT2D eigenvalue weighted by Gasteiger charge is 2.25. The van der Waals surface area contributed by atoms with E-state index in [9.17, 15) is 9.90 Å². The van der Waals surface area contributed by atoms with Crippen molar-refractivity contribution in [3.05, 3.63) is 42.2 Å². The van der Waals surface area contributed by atoms with Crippen molar-refractivity contribution < 1.29 is 19.4 Å². The summed E-state index contributed by atoms with van der Waals surface area (Å²) in [5.74, 6) is 0.520. The number of carbonyl (C=O) groups excluding carboxylic acids is 1. The first-order valence-corrected chi connectivity index (χ1v) is 12.1. The Balaban J connectivity index is 1.45. The largest absolute Gasteiger partial charge is 0.422 e. The second-order valence-electron chi connectivity index (χ2n) is 8.67. The van der Waals surface area contributed by atoms with Crippen LogP contribution in [-0.2, 0) is 7.05 Å². The molecule has 4 aromatic rings. The van der Waals surface area contributed by atoms with Gasteiger partial charge in [0, 0.05) is 64.1 Å². The molecule has 0 radical (unpaired) electrons. The van der Waals surface area contributed by atoms with Gasteiger partial charge < -0.3 is 30.2 Å². The number of carbonyl (C=O) groups is 1. The van der Waals surface area contributed by atoms with Gasteiger partial charge in [-0.15, -0.1) is 0 Å². The normalized spacial score (nSPS) is 14.3. The molecule has 1 saturated heterocycles. The number of aromatic nitrogens is 5. The number of aliphatic hydroxyl groups excluding tert-OH is 2. The van der Waals surface area contributed by atoms with E-state index in [4.69, 9.17) is 9.52 Å². The Kier molecular flexibility index (Phi) is 7.25. The molecule has 0 spiro atoms. The summed E-state index contributed by atoms with van der Waals surface area (Å²) in [5.41, 5.74) is 2.58. The molecule has 1 fully saturated rings. The molecule has 194 valence electrons. The molecule has 13 nitrogen and oxygen atoms in total. The molecule has 1 aliphatic rings. The number of nitrogens with zero attached hydrogens (tertiary/aromatic N) is 7. The number of aliphatic hydroxyl groups is 2. The number of rotatable bonds is 9. The highest BCUT2D eigenvalue weighted by molar-refractivity contribution is 6.08. The Labute approximate surface area is 212 Å². The second-order valence-corrected chi connectivity index (χ2v) is 8.67. The Morgan fingerprint density at radius 2 is 1.95 bits per heavy atom. The van der Waals surface area contributed by atoms with Gasteiger partial charge in [-0.05, 0) is 12.1 Å². The average molecular weight is 508 g/mol. The van der Waals surface area contributed by atoms with Gasteiger partial charge in [0.15, 0.2) is 5.58 Å². The molecule has 0 bridgehead atoms. The minimum atomic E-state index is -0.376. The van der Waals surface area contributed by atoms with E-state index >= 15 is 0 Å². The SMILES string of the molecule is Cn1cc(-c2cccc(NC(=O)c3cc4oc(NCCO)nc4nc3N3CCN(CCO)CC3)n2)cn1. The summed E-state index contributed by atoms with van der Waals surface area (Å²) >= 11 is 0. The maximum Gasteiger partial charge on any atom is 0.297 e. The maximum atomic E-state index is 13.5. The van der Waals surface area contributed by atoms with Crippen LogP contribution in [0.15, 0.2) is 41.1 Å². The first-order chi connectivity index (χ1) is 18.0. The fraction of sp³-hybridized carbons (Fsp3) is 0.375. The van der Waals surface area contributed by atoms with Gasteiger partial charge in [0.05, 0.1) is 30.7 Å². The van der Waals surface area contributed by atoms with Crippen molar-refractivity contribution in [2.75, 3.05) is 68.0 Å². The molecule has 0 aliphatic carbocycles. The van der Waals surface area contributed by atoms with E-state index in [1.807, 2.05) is 30.3 Å². The maximum absolute atomic E-state index is 13.5. The van der Waals surface area contributed by atoms with E-state index in [-0.39, 0.29) is 31.7 Å². The smallest absolute Gasteiger partial charge is 0.297 e. The molecule has 4 aromatic heterocycles. The zero-order chi connectivity index (χ0) is 25.8. The lowest BCUT2D eigenvalue weighted by Crippen LogP contribution is -2.48. The third kappa shape index (κ3) is 5.53. The number of anilines is 3. The zero-order valence-corrected chi connectivity index (χ0v) is 20.5. The number of aryl methyl sites for hydroxylation is 1. The van der Waals surface area contributed by atoms with Crippen LogP contribution in [0.1, 0.15) is 10.4 Å². The number of β-amino-alcohol motifs (C(OH)–C–C–N with tert-alkyl or cyclic N) is 1. The second kappa shape index (κ2) is 10.9. The molecule has 0 atom stereocenters. The molecule has 0 aromatic carbocycles. The van der Waals surface area contributed by atoms with E-state index in [2.05, 4.69) is 35.6 Å². The summed E-state index contributed by atoms with van der Waals surface area (Å²) in [6.07, 6.45) is 3.57. The zero-order valence-electron chi connectivity index (χ0n) is 20.5. The highest BCUT2D eigenvalue weighted by Crippen LogP contribution is 2.28. The van der Waals surface area contributed by atoms with Crippen molar-refractivity contribution >= 4 is 34.8 Å². The quantitative estimate of drug-likeness (QED) is 0.254. The summed E-state index contributed by atoms with van der Waals surface area (Å²) in [5, 5.41) is 28.3. The van der Waals surface area contributed by atoms with Crippen LogP contribution in [0.25, 0.3) is 22.5 Å². The van der Waals surface area contributed by atoms with E-state index in [0.29, 0.717) is 53.8 Å². The van der Waals surface area contributed by atoms with Crippen molar-refractivity contribution in [1.82, 2.24) is 29.6 Å². The molecule has 13 heteroatoms. The van der Waals surface area contributed by atoms with Gasteiger partial charge in [-0.3, -0.25) is 14.4 Å². The lowest BCUT2D eigenvalue weighted by molar-refractivity contribution is 0.102. The molecule has 37 heavy (non-hydrogen) atoms. The lowest BCUT2D eigenvalue weighted by Gasteiger charge is -2.35. The summed E-state index contributed by atoms with van der Waals surface area (Å²) in [4.78, 5) is 31.4. The number of fused-ring (bicyclic) bond motifs is 1. The van der Waals surface area contributed by atoms with E-state index < -0.39 is 0 Å². The molecular weight excluding hydrogens is 478 g/mol. The van der Waals surface area contributed by atoms with E-state index in [1.54, 1.807) is 23.0 Å². The molecule has 0 saturated carbocycles. The van der Waals surface area contributed by atoms with Gasteiger partial charge >= 0.3 is 0 Å². The fourth-order valence-electron chi connectivity index (χ4n) is 4.23. The fourth-order valence-corrected chi connectivity index (χ4v) is 4.23. The van der Waals surface area contributed by atoms with Gasteiger partial charge in [0.2, 0.25) is 5.65 Å². The average Bonchev–Trinajstić information content (AvgIpc) is 3.53. The van der Waals surface area contributed by atoms with Crippen LogP contribution in [-0.4, -0.2) is 98.2 Å². The highest BCUT2D eigenvalue weighted by atomic mass is 16.4. The minimum absolute atomic E-state index is 0.0751. The first-order valence-electron chi connectivity index (χ1n) is 12.1. The van der Waals surface area contributed by atoms with Gasteiger partial charge in [-0.25, -0.2) is 9.97 Å². The number of pyridine rings is 2. The Morgan fingerprint density at radius 3 is 2.68 bits per heavy atom. The molecule has 5 rings (SSSR count). The van der Waals surface area contributed by atoms with E-state index in [0.717, 1.165) is 18.7 Å². The van der Waals surface area contributed by atoms with Crippen LogP contribution < -0.4 is 15.5 Å². The lowest BCUT2D eigenvalue weighted by atomic mass is 10.2. The number of hydrogen-bond acceptors (Lipinski definition) is 11. The van der Waals surface area contributed by atoms with Crippen molar-refractivity contribution in [2.24, 2.45) is 7.05 Å². The molecule has 1 aliphatic heterocycles. The summed E-state index contributed by atoms with van der Waals surface area (Å²) in [6.45, 7) is 3.66. The van der Waals surface area contributed by atoms with Crippen LogP contribution in [0, 0.1) is 0 Å². The van der Waals surface area contributed by atoms with Gasteiger partial charge in [0.25, 0.3) is 11.9 Å². The van der Waals surface area contributed by atoms with Gasteiger partial charge in [-0.2, -0.15) is 10.1 Å². The van der Waals surface area contributed by atoms with Crippen LogP contribution in [0.2, 0.25) is 0 Å². The van der Waals surface area contributed by atoms with Gasteiger partial charge in [-0.1, -0.05) is 6.07 Å². The van der Waals surface area contributed by atoms with Crippen LogP contribution in [0.3, 0.4) is 0 Å². The number of amides is 1. The Bertz CT molecular complexity index is 1380. The third-order valence-electron chi connectivity index (χ3n) is 6.07. The van der Waals surface area contributed by atoms with Crippen LogP contribution in [0.5, 0.6) is 0 Å². The topological polar surface area (TPSA) is 158 Å². The number of nitrogens with one attached hydrogen (secondary N) is 2. The Morgan fingerprint density at radius 1 is 1.11 bits per heavy atom. The standard InChI is InChI=1S/C24H29N9O4/c1-31-15-16(14-26-31)18-3-2-4-20(27-18)28-23(36)17-13-19-21(30-24(37-19)25-5-11-34)29-22(17)33-8-6-32(7-9-33)10-12-35/h2-4,13-15,34-35H,5-12H2,1H3,(H,25,29,30)(H,27,28,36). The molecular formula is C24H29N9O4. The van der Waals surface area contributed by atoms with E-state index in [1.165, 1.54) is 0 Å². The molecule has 5 heterocycles. The number of oxazole rings is 1. The predicted octanol–water partition coefficient (Wildman–Crippen LogP) is 0.789. The van der Waals surface area contributed by atoms with Gasteiger partial charge in [0.1, 0.15) is 11.6 Å². The van der Waals surface area contributed by atoms with Crippen LogP contribution in [0.4, 0.5) is 17.7 Å². The summed E-state index contributed by atoms with van der Waals surface area (Å²) in [7, 11) is 1.83. The molecule has 1 amide bonds. The predicted molar refractivity (Wildman–Crippen MR) is 138 cm³/mol. The van der Waals surface area contributed by atoms with Crippen molar-refractivity contribution in [2.45, 2.75) is 0 Å². The third-order valence-corrected chi connectivity index (χ3v) is 6.07. The summed E-state index contributed by atoms with van der Waals surface area (Å²) < 4.78 is 7.42. The van der Waals surface area contributed by atoms with Crippen molar-refractivity contribution in [3.8, 4) is 11.3 Å². The first kappa shape index (κ1) is 24.6. The Hall–Kier alpha value is -4.07. The van der Waals surface area contributed by atoms with Crippen molar-refractivity contribution in [3.63, 3.8) is 0 Å². The number of piperazine rings is 1. The molecule has 0 unspecified atom stereocenters. The van der Waals surface area contributed by atoms with Crippen molar-refractivity contribution in [1.29, 1.82) is 0 Å². The molecule has 4 N–H and O–H groups in total. The summed E-state index contributed by atoms with van der Waals surface area (Å²) in [6, 6.07) is 7.26. The minimum Gasteiger partial charge on any atom is -0.422 e.